The fourth-order valence-electron chi connectivity index (χ4n) is 1.76. The van der Waals surface area contributed by atoms with E-state index in [0.29, 0.717) is 22.3 Å². The number of rotatable bonds is 7. The number of ether oxygens (including phenoxy) is 1. The molecule has 0 fully saturated rings. The minimum absolute atomic E-state index is 0.203. The normalized spacial score (nSPS) is 12.4. The van der Waals surface area contributed by atoms with Gasteiger partial charge >= 0.3 is 0 Å². The highest BCUT2D eigenvalue weighted by molar-refractivity contribution is 7.10. The number of benzene rings is 1. The summed E-state index contributed by atoms with van der Waals surface area (Å²) in [6, 6.07) is 7.12. The molecule has 0 saturated carbocycles. The van der Waals surface area contributed by atoms with Gasteiger partial charge in [-0.2, -0.15) is 0 Å². The molecule has 0 spiro atoms. The summed E-state index contributed by atoms with van der Waals surface area (Å²) < 4.78 is 5.48. The Hall–Kier alpha value is -0.780. The average Bonchev–Trinajstić information content (AvgIpc) is 2.86. The quantitative estimate of drug-likeness (QED) is 0.799. The van der Waals surface area contributed by atoms with Crippen molar-refractivity contribution in [1.29, 1.82) is 0 Å². The molecule has 1 aromatic heterocycles. The number of thiophene rings is 1. The molecule has 0 bridgehead atoms. The zero-order chi connectivity index (χ0) is 15.2. The van der Waals surface area contributed by atoms with Crippen molar-refractivity contribution in [3.63, 3.8) is 0 Å². The van der Waals surface area contributed by atoms with Crippen LogP contribution < -0.4 is 10.1 Å². The maximum Gasteiger partial charge on any atom is 0.121 e. The topological polar surface area (TPSA) is 41.5 Å². The van der Waals surface area contributed by atoms with Gasteiger partial charge in [0.1, 0.15) is 18.5 Å². The lowest BCUT2D eigenvalue weighted by atomic mass is 10.3. The Balaban J connectivity index is 1.71. The second-order valence-corrected chi connectivity index (χ2v) is 6.51. The van der Waals surface area contributed by atoms with Crippen LogP contribution in [0.15, 0.2) is 29.6 Å². The molecular weight excluding hydrogens is 329 g/mol. The lowest BCUT2D eigenvalue weighted by Crippen LogP contribution is -2.31. The van der Waals surface area contributed by atoms with Crippen molar-refractivity contribution in [3.05, 3.63) is 50.1 Å². The monoisotopic (exact) mass is 345 g/mol. The van der Waals surface area contributed by atoms with Crippen molar-refractivity contribution in [2.24, 2.45) is 0 Å². The smallest absolute Gasteiger partial charge is 0.121 e. The van der Waals surface area contributed by atoms with Crippen LogP contribution in [0, 0.1) is 6.92 Å². The first kappa shape index (κ1) is 16.6. The maximum absolute atomic E-state index is 9.89. The van der Waals surface area contributed by atoms with Gasteiger partial charge in [0.15, 0.2) is 0 Å². The summed E-state index contributed by atoms with van der Waals surface area (Å²) in [7, 11) is 0. The van der Waals surface area contributed by atoms with E-state index in [1.165, 1.54) is 10.4 Å². The fourth-order valence-corrected chi connectivity index (χ4v) is 2.92. The zero-order valence-corrected chi connectivity index (χ0v) is 13.9. The molecule has 1 atom stereocenters. The summed E-state index contributed by atoms with van der Waals surface area (Å²) in [5.41, 5.74) is 1.27. The number of aliphatic hydroxyl groups excluding tert-OH is 1. The van der Waals surface area contributed by atoms with Crippen LogP contribution in [0.25, 0.3) is 0 Å². The van der Waals surface area contributed by atoms with Gasteiger partial charge < -0.3 is 15.2 Å². The Bertz CT molecular complexity index is 589. The third-order valence-corrected chi connectivity index (χ3v) is 4.73. The highest BCUT2D eigenvalue weighted by atomic mass is 35.5. The molecular formula is C15H17Cl2NO2S. The summed E-state index contributed by atoms with van der Waals surface area (Å²) in [6.07, 6.45) is -0.584. The SMILES string of the molecule is Cc1ccsc1CNCC(O)COc1ccc(Cl)c(Cl)c1. The predicted octanol–water partition coefficient (Wildman–Crippen LogP) is 3.89. The molecule has 114 valence electrons. The Morgan fingerprint density at radius 1 is 1.29 bits per heavy atom. The van der Waals surface area contributed by atoms with Crippen molar-refractivity contribution in [1.82, 2.24) is 5.32 Å². The average molecular weight is 346 g/mol. The number of aryl methyl sites for hydroxylation is 1. The third kappa shape index (κ3) is 5.16. The molecule has 2 aromatic rings. The van der Waals surface area contributed by atoms with Crippen molar-refractivity contribution >= 4 is 34.5 Å². The first-order chi connectivity index (χ1) is 10.1. The van der Waals surface area contributed by atoms with Crippen molar-refractivity contribution < 1.29 is 9.84 Å². The van der Waals surface area contributed by atoms with Gasteiger partial charge in [0, 0.05) is 24.0 Å². The summed E-state index contributed by atoms with van der Waals surface area (Å²) in [5, 5.41) is 16.1. The Kier molecular flexibility index (Phi) is 6.33. The van der Waals surface area contributed by atoms with Crippen LogP contribution in [-0.2, 0) is 6.54 Å². The zero-order valence-electron chi connectivity index (χ0n) is 11.6. The van der Waals surface area contributed by atoms with E-state index in [0.717, 1.165) is 6.54 Å². The number of halogens is 2. The van der Waals surface area contributed by atoms with Gasteiger partial charge in [0.05, 0.1) is 10.0 Å². The van der Waals surface area contributed by atoms with Crippen LogP contribution in [-0.4, -0.2) is 24.4 Å². The molecule has 1 unspecified atom stereocenters. The first-order valence-corrected chi connectivity index (χ1v) is 8.19. The lowest BCUT2D eigenvalue weighted by molar-refractivity contribution is 0.106. The standard InChI is InChI=1S/C15H17Cl2NO2S/c1-10-4-5-21-15(10)8-18-7-11(19)9-20-12-2-3-13(16)14(17)6-12/h2-6,11,18-19H,7-9H2,1H3. The number of aliphatic hydroxyl groups is 1. The largest absolute Gasteiger partial charge is 0.491 e. The Morgan fingerprint density at radius 2 is 2.10 bits per heavy atom. The summed E-state index contributed by atoms with van der Waals surface area (Å²) in [4.78, 5) is 1.28. The van der Waals surface area contributed by atoms with Crippen LogP contribution in [0.2, 0.25) is 10.0 Å². The second kappa shape index (κ2) is 8.01. The molecule has 21 heavy (non-hydrogen) atoms. The van der Waals surface area contributed by atoms with E-state index in [2.05, 4.69) is 23.7 Å². The van der Waals surface area contributed by atoms with E-state index in [1.807, 2.05) is 0 Å². The molecule has 0 radical (unpaired) electrons. The maximum atomic E-state index is 9.89. The fraction of sp³-hybridized carbons (Fsp3) is 0.333. The first-order valence-electron chi connectivity index (χ1n) is 6.56. The van der Waals surface area contributed by atoms with Crippen LogP contribution in [0.3, 0.4) is 0 Å². The molecule has 0 aliphatic rings. The van der Waals surface area contributed by atoms with Crippen molar-refractivity contribution in [2.45, 2.75) is 19.6 Å². The van der Waals surface area contributed by atoms with Gasteiger partial charge in [-0.15, -0.1) is 11.3 Å². The van der Waals surface area contributed by atoms with E-state index < -0.39 is 6.10 Å². The summed E-state index contributed by atoms with van der Waals surface area (Å²) >= 11 is 13.4. The molecule has 2 N–H and O–H groups in total. The second-order valence-electron chi connectivity index (χ2n) is 4.70. The predicted molar refractivity (Wildman–Crippen MR) is 88.7 cm³/mol. The minimum atomic E-state index is -0.584. The van der Waals surface area contributed by atoms with Gasteiger partial charge in [-0.3, -0.25) is 0 Å². The number of nitrogens with one attached hydrogen (secondary N) is 1. The molecule has 0 amide bonds. The van der Waals surface area contributed by atoms with Crippen LogP contribution >= 0.6 is 34.5 Å². The summed E-state index contributed by atoms with van der Waals surface area (Å²) in [5.74, 6) is 0.595. The van der Waals surface area contributed by atoms with Crippen LogP contribution in [0.4, 0.5) is 0 Å². The van der Waals surface area contributed by atoms with Gasteiger partial charge in [0.25, 0.3) is 0 Å². The lowest BCUT2D eigenvalue weighted by Gasteiger charge is -2.13. The summed E-state index contributed by atoms with van der Waals surface area (Å²) in [6.45, 7) is 3.51. The van der Waals surface area contributed by atoms with E-state index >= 15 is 0 Å². The van der Waals surface area contributed by atoms with Crippen molar-refractivity contribution in [2.75, 3.05) is 13.2 Å². The van der Waals surface area contributed by atoms with Gasteiger partial charge in [0.2, 0.25) is 0 Å². The molecule has 1 aromatic carbocycles. The molecule has 0 aliphatic heterocycles. The van der Waals surface area contributed by atoms with E-state index in [-0.39, 0.29) is 6.61 Å². The van der Waals surface area contributed by atoms with Crippen LogP contribution in [0.1, 0.15) is 10.4 Å². The van der Waals surface area contributed by atoms with Crippen LogP contribution in [0.5, 0.6) is 5.75 Å². The van der Waals surface area contributed by atoms with Gasteiger partial charge in [-0.05, 0) is 36.1 Å². The molecule has 1 heterocycles. The molecule has 3 nitrogen and oxygen atoms in total. The van der Waals surface area contributed by atoms with E-state index in [9.17, 15) is 5.11 Å². The highest BCUT2D eigenvalue weighted by Gasteiger charge is 2.07. The van der Waals surface area contributed by atoms with Crippen molar-refractivity contribution in [3.8, 4) is 5.75 Å². The Labute approximate surface area is 138 Å². The molecule has 2 rings (SSSR count). The Morgan fingerprint density at radius 3 is 2.76 bits per heavy atom. The third-order valence-electron chi connectivity index (χ3n) is 2.97. The highest BCUT2D eigenvalue weighted by Crippen LogP contribution is 2.26. The minimum Gasteiger partial charge on any atom is -0.491 e. The van der Waals surface area contributed by atoms with E-state index in [4.69, 9.17) is 27.9 Å². The number of hydrogen-bond acceptors (Lipinski definition) is 4. The van der Waals surface area contributed by atoms with Gasteiger partial charge in [-0.25, -0.2) is 0 Å². The molecule has 0 saturated heterocycles. The molecule has 0 aliphatic carbocycles. The van der Waals surface area contributed by atoms with E-state index in [1.54, 1.807) is 29.5 Å². The number of hydrogen-bond donors (Lipinski definition) is 2. The molecule has 6 heteroatoms. The van der Waals surface area contributed by atoms with Gasteiger partial charge in [-0.1, -0.05) is 23.2 Å².